The van der Waals surface area contributed by atoms with Gasteiger partial charge in [0.05, 0.1) is 5.33 Å². The summed E-state index contributed by atoms with van der Waals surface area (Å²) < 4.78 is 10.6. The Labute approximate surface area is 231 Å². The summed E-state index contributed by atoms with van der Waals surface area (Å²) >= 11 is 4.60. The van der Waals surface area contributed by atoms with E-state index in [1.54, 1.807) is 57.2 Å². The highest BCUT2D eigenvalue weighted by molar-refractivity contribution is 9.09. The van der Waals surface area contributed by atoms with Gasteiger partial charge in [0.15, 0.2) is 18.2 Å². The molecule has 2 unspecified atom stereocenters. The van der Waals surface area contributed by atoms with Crippen LogP contribution in [0.2, 0.25) is 0 Å². The number of nitrogens with one attached hydrogen (secondary N) is 1. The quantitative estimate of drug-likeness (QED) is 0.196. The summed E-state index contributed by atoms with van der Waals surface area (Å²) in [4.78, 5) is 49.8. The smallest absolute Gasteiger partial charge is 0.408 e. The first-order valence-corrected chi connectivity index (χ1v) is 14.3. The number of carbonyl (C=O) groups is 4. The Balaban J connectivity index is 2.06. The van der Waals surface area contributed by atoms with Crippen LogP contribution in [-0.2, 0) is 14.3 Å². The molecule has 0 fully saturated rings. The minimum atomic E-state index is -0.973. The van der Waals surface area contributed by atoms with Gasteiger partial charge in [-0.25, -0.2) is 9.59 Å². The Morgan fingerprint density at radius 2 is 1.38 bits per heavy atom. The number of thioether (sulfide) groups is 1. The van der Waals surface area contributed by atoms with Crippen LogP contribution in [0.3, 0.4) is 0 Å². The molecule has 200 valence electrons. The summed E-state index contributed by atoms with van der Waals surface area (Å²) in [5, 5.41) is 2.61. The summed E-state index contributed by atoms with van der Waals surface area (Å²) in [5.74, 6) is -0.998. The molecule has 0 heterocycles. The molecule has 0 spiro atoms. The number of hydrogen-bond donors (Lipinski definition) is 1. The van der Waals surface area contributed by atoms with Crippen LogP contribution in [0.25, 0.3) is 11.1 Å². The number of halogens is 1. The number of rotatable bonds is 11. The van der Waals surface area contributed by atoms with Gasteiger partial charge in [0.1, 0.15) is 11.6 Å². The van der Waals surface area contributed by atoms with E-state index in [-0.39, 0.29) is 28.1 Å². The van der Waals surface area contributed by atoms with Crippen molar-refractivity contribution in [3.05, 3.63) is 59.7 Å². The minimum absolute atomic E-state index is 0.00261. The van der Waals surface area contributed by atoms with Gasteiger partial charge >= 0.3 is 12.1 Å². The molecule has 0 saturated carbocycles. The number of carbonyl (C=O) groups excluding carboxylic acids is 4. The highest BCUT2D eigenvalue weighted by Crippen LogP contribution is 2.23. The predicted octanol–water partition coefficient (Wildman–Crippen LogP) is 5.94. The van der Waals surface area contributed by atoms with Crippen molar-refractivity contribution in [1.82, 2.24) is 5.32 Å². The van der Waals surface area contributed by atoms with Crippen molar-refractivity contribution in [2.24, 2.45) is 5.92 Å². The van der Waals surface area contributed by atoms with Gasteiger partial charge in [-0.2, -0.15) is 11.8 Å². The maximum atomic E-state index is 12.9. The highest BCUT2D eigenvalue weighted by Gasteiger charge is 2.34. The lowest BCUT2D eigenvalue weighted by Gasteiger charge is -2.29. The second kappa shape index (κ2) is 13.8. The summed E-state index contributed by atoms with van der Waals surface area (Å²) in [6.45, 7) is 8.64. The monoisotopic (exact) mass is 591 g/mol. The van der Waals surface area contributed by atoms with E-state index in [0.29, 0.717) is 11.1 Å². The predicted molar refractivity (Wildman–Crippen MR) is 151 cm³/mol. The second-order valence-corrected chi connectivity index (χ2v) is 11.4. The number of ketones is 2. The van der Waals surface area contributed by atoms with Crippen LogP contribution >= 0.6 is 27.7 Å². The van der Waals surface area contributed by atoms with Crippen LogP contribution in [0, 0.1) is 5.92 Å². The van der Waals surface area contributed by atoms with E-state index < -0.39 is 30.3 Å². The molecule has 1 amide bonds. The zero-order valence-electron chi connectivity index (χ0n) is 22.0. The van der Waals surface area contributed by atoms with Crippen molar-refractivity contribution >= 4 is 51.3 Å². The molecule has 0 saturated heterocycles. The average Bonchev–Trinajstić information content (AvgIpc) is 2.85. The van der Waals surface area contributed by atoms with E-state index in [1.165, 1.54) is 11.8 Å². The lowest BCUT2D eigenvalue weighted by atomic mass is 10.0. The molecule has 2 rings (SSSR count). The number of ether oxygens (including phenoxy) is 2. The number of alkyl halides is 1. The number of benzene rings is 2. The van der Waals surface area contributed by atoms with E-state index in [0.717, 1.165) is 11.1 Å². The molecule has 0 radical (unpaired) electrons. The Hall–Kier alpha value is -2.65. The third kappa shape index (κ3) is 9.31. The fraction of sp³-hybridized carbons (Fsp3) is 0.429. The first-order valence-electron chi connectivity index (χ1n) is 11.9. The number of alkyl carbamates (subject to hydrolysis) is 1. The molecule has 0 aliphatic heterocycles. The Bertz CT molecular complexity index is 1090. The van der Waals surface area contributed by atoms with Crippen molar-refractivity contribution < 1.29 is 28.7 Å². The largest absolute Gasteiger partial charge is 0.456 e. The second-order valence-electron chi connectivity index (χ2n) is 9.81. The number of amides is 1. The van der Waals surface area contributed by atoms with Gasteiger partial charge in [-0.3, -0.25) is 9.59 Å². The third-order valence-corrected chi connectivity index (χ3v) is 7.27. The molecule has 0 aliphatic rings. The molecule has 2 atom stereocenters. The Kier molecular flexibility index (Phi) is 11.4. The van der Waals surface area contributed by atoms with Crippen molar-refractivity contribution in [3.8, 4) is 11.1 Å². The van der Waals surface area contributed by atoms with Gasteiger partial charge in [-0.15, -0.1) is 0 Å². The van der Waals surface area contributed by atoms with E-state index in [1.807, 2.05) is 32.2 Å². The van der Waals surface area contributed by atoms with Crippen molar-refractivity contribution in [3.63, 3.8) is 0 Å². The van der Waals surface area contributed by atoms with Gasteiger partial charge in [0.2, 0.25) is 0 Å². The zero-order chi connectivity index (χ0) is 27.8. The van der Waals surface area contributed by atoms with E-state index in [4.69, 9.17) is 9.47 Å². The molecule has 1 N–H and O–H groups in total. The number of hydrogen-bond acceptors (Lipinski definition) is 7. The number of Topliss-reactive ketones (excluding diaryl/α,β-unsaturated/α-hetero) is 2. The molecule has 0 bridgehead atoms. The molecule has 7 nitrogen and oxygen atoms in total. The molecule has 9 heteroatoms. The molecular formula is C28H34BrNO6S. The lowest BCUT2D eigenvalue weighted by Crippen LogP contribution is -2.51. The average molecular weight is 593 g/mol. The third-order valence-electron chi connectivity index (χ3n) is 5.40. The number of esters is 1. The van der Waals surface area contributed by atoms with Gasteiger partial charge in [-0.1, -0.05) is 78.3 Å². The zero-order valence-corrected chi connectivity index (χ0v) is 24.4. The Morgan fingerprint density at radius 1 is 0.892 bits per heavy atom. The molecule has 0 aliphatic carbocycles. The van der Waals surface area contributed by atoms with Crippen LogP contribution in [0.1, 0.15) is 55.3 Å². The van der Waals surface area contributed by atoms with Gasteiger partial charge in [0.25, 0.3) is 0 Å². The molecular weight excluding hydrogens is 558 g/mol. The maximum Gasteiger partial charge on any atom is 0.408 e. The Morgan fingerprint density at radius 3 is 1.78 bits per heavy atom. The van der Waals surface area contributed by atoms with E-state index >= 15 is 0 Å². The summed E-state index contributed by atoms with van der Waals surface area (Å²) in [6, 6.07) is 13.2. The van der Waals surface area contributed by atoms with Crippen LogP contribution in [0.5, 0.6) is 0 Å². The van der Waals surface area contributed by atoms with Gasteiger partial charge < -0.3 is 14.8 Å². The van der Waals surface area contributed by atoms with Crippen molar-refractivity contribution in [2.45, 2.75) is 51.5 Å². The normalized spacial score (nSPS) is 13.0. The first-order chi connectivity index (χ1) is 17.4. The van der Waals surface area contributed by atoms with Crippen LogP contribution < -0.4 is 5.32 Å². The SMILES string of the molecule is CSC(C(C)C)C(NC(=O)OC(C)(C)C)C(=O)OCC(=O)c1ccc(-c2ccc(C(=O)CBr)cc2)cc1. The van der Waals surface area contributed by atoms with Crippen LogP contribution in [0.4, 0.5) is 4.79 Å². The lowest BCUT2D eigenvalue weighted by molar-refractivity contribution is -0.145. The topological polar surface area (TPSA) is 98.8 Å². The van der Waals surface area contributed by atoms with Crippen molar-refractivity contribution in [2.75, 3.05) is 18.2 Å². The van der Waals surface area contributed by atoms with Crippen molar-refractivity contribution in [1.29, 1.82) is 0 Å². The first kappa shape index (κ1) is 30.6. The fourth-order valence-electron chi connectivity index (χ4n) is 3.59. The molecule has 0 aromatic heterocycles. The minimum Gasteiger partial charge on any atom is -0.456 e. The molecule has 2 aromatic carbocycles. The van der Waals surface area contributed by atoms with Crippen LogP contribution in [-0.4, -0.2) is 58.7 Å². The maximum absolute atomic E-state index is 12.9. The van der Waals surface area contributed by atoms with E-state index in [9.17, 15) is 19.2 Å². The fourth-order valence-corrected chi connectivity index (χ4v) is 4.91. The summed E-state index contributed by atoms with van der Waals surface area (Å²) in [6.07, 6.45) is 1.13. The molecule has 37 heavy (non-hydrogen) atoms. The molecule has 2 aromatic rings. The summed E-state index contributed by atoms with van der Waals surface area (Å²) in [7, 11) is 0. The van der Waals surface area contributed by atoms with Gasteiger partial charge in [-0.05, 0) is 44.1 Å². The van der Waals surface area contributed by atoms with Crippen LogP contribution in [0.15, 0.2) is 48.5 Å². The van der Waals surface area contributed by atoms with Gasteiger partial charge in [0, 0.05) is 16.4 Å². The van der Waals surface area contributed by atoms with E-state index in [2.05, 4.69) is 21.2 Å². The highest BCUT2D eigenvalue weighted by atomic mass is 79.9. The standard InChI is InChI=1S/C28H34BrNO6S/c1-17(2)25(37-6)24(30-27(34)36-28(3,4)5)26(33)35-16-23(32)21-13-9-19(10-14-21)18-7-11-20(12-8-18)22(31)15-29/h7-14,17,24-25H,15-16H2,1-6H3,(H,30,34). The summed E-state index contributed by atoms with van der Waals surface area (Å²) in [5.41, 5.74) is 2.08.